The van der Waals surface area contributed by atoms with Crippen molar-refractivity contribution in [3.63, 3.8) is 0 Å². The number of thiazole rings is 1. The molecule has 1 saturated heterocycles. The van der Waals surface area contributed by atoms with Gasteiger partial charge < -0.3 is 10.2 Å². The average molecular weight is 401 g/mol. The number of hydrogen-bond acceptors (Lipinski definition) is 5. The van der Waals surface area contributed by atoms with Crippen molar-refractivity contribution in [2.24, 2.45) is 11.8 Å². The third kappa shape index (κ3) is 4.76. The summed E-state index contributed by atoms with van der Waals surface area (Å²) in [5.41, 5.74) is 1.72. The van der Waals surface area contributed by atoms with Gasteiger partial charge in [-0.25, -0.2) is 9.97 Å². The molecule has 0 aliphatic carbocycles. The smallest absolute Gasteiger partial charge is 0.265 e. The normalized spacial score (nSPS) is 17.0. The van der Waals surface area contributed by atoms with E-state index >= 15 is 0 Å². The van der Waals surface area contributed by atoms with E-state index in [4.69, 9.17) is 0 Å². The summed E-state index contributed by atoms with van der Waals surface area (Å²) in [4.78, 5) is 37.1. The van der Waals surface area contributed by atoms with Gasteiger partial charge in [0.05, 0.1) is 16.6 Å². The summed E-state index contributed by atoms with van der Waals surface area (Å²) in [6, 6.07) is 3.76. The van der Waals surface area contributed by atoms with Crippen LogP contribution < -0.4 is 5.32 Å². The van der Waals surface area contributed by atoms with Crippen LogP contribution in [0.3, 0.4) is 0 Å². The zero-order valence-corrected chi connectivity index (χ0v) is 17.8. The minimum Gasteiger partial charge on any atom is -0.337 e. The van der Waals surface area contributed by atoms with Crippen molar-refractivity contribution in [3.05, 3.63) is 39.5 Å². The lowest BCUT2D eigenvalue weighted by molar-refractivity contribution is -0.121. The van der Waals surface area contributed by atoms with Crippen molar-refractivity contribution in [2.45, 2.75) is 47.0 Å². The van der Waals surface area contributed by atoms with E-state index in [1.165, 1.54) is 11.3 Å². The summed E-state index contributed by atoms with van der Waals surface area (Å²) >= 11 is 1.49. The molecule has 2 amide bonds. The van der Waals surface area contributed by atoms with Gasteiger partial charge >= 0.3 is 0 Å². The first-order valence-corrected chi connectivity index (χ1v) is 10.6. The molecule has 0 aromatic carbocycles. The van der Waals surface area contributed by atoms with Gasteiger partial charge in [0.25, 0.3) is 5.91 Å². The largest absolute Gasteiger partial charge is 0.337 e. The fraction of sp³-hybridized carbons (Fsp3) is 0.524. The van der Waals surface area contributed by atoms with Gasteiger partial charge in [0.1, 0.15) is 10.7 Å². The fourth-order valence-electron chi connectivity index (χ4n) is 3.44. The molecule has 150 valence electrons. The lowest BCUT2D eigenvalue weighted by Crippen LogP contribution is -2.43. The van der Waals surface area contributed by atoms with Crippen LogP contribution in [0, 0.1) is 25.7 Å². The number of aryl methyl sites for hydroxylation is 2. The van der Waals surface area contributed by atoms with E-state index in [-0.39, 0.29) is 17.7 Å². The molecule has 28 heavy (non-hydrogen) atoms. The van der Waals surface area contributed by atoms with E-state index < -0.39 is 0 Å². The molecule has 2 aromatic rings. The van der Waals surface area contributed by atoms with Crippen LogP contribution in [0.1, 0.15) is 52.6 Å². The van der Waals surface area contributed by atoms with E-state index in [9.17, 15) is 9.59 Å². The monoisotopic (exact) mass is 400 g/mol. The number of amides is 2. The molecule has 1 aliphatic rings. The van der Waals surface area contributed by atoms with Crippen molar-refractivity contribution < 1.29 is 9.59 Å². The molecule has 0 spiro atoms. The van der Waals surface area contributed by atoms with Crippen LogP contribution in [-0.4, -0.2) is 39.8 Å². The Hall–Kier alpha value is -2.28. The Morgan fingerprint density at radius 2 is 2.14 bits per heavy atom. The highest BCUT2D eigenvalue weighted by Gasteiger charge is 2.31. The molecule has 1 unspecified atom stereocenters. The summed E-state index contributed by atoms with van der Waals surface area (Å²) in [7, 11) is 0. The van der Waals surface area contributed by atoms with E-state index in [1.54, 1.807) is 11.1 Å². The van der Waals surface area contributed by atoms with Crippen molar-refractivity contribution in [1.29, 1.82) is 0 Å². The predicted octanol–water partition coefficient (Wildman–Crippen LogP) is 3.84. The van der Waals surface area contributed by atoms with Crippen molar-refractivity contribution in [2.75, 3.05) is 18.4 Å². The van der Waals surface area contributed by atoms with Crippen LogP contribution >= 0.6 is 11.3 Å². The fourth-order valence-corrected chi connectivity index (χ4v) is 4.69. The molecule has 2 aromatic heterocycles. The lowest BCUT2D eigenvalue weighted by Gasteiger charge is -2.31. The number of carbonyl (C=O) groups excluding carboxylic acids is 2. The quantitative estimate of drug-likeness (QED) is 0.827. The molecule has 0 radical (unpaired) electrons. The first-order chi connectivity index (χ1) is 13.3. The average Bonchev–Trinajstić information content (AvgIpc) is 3.02. The standard InChI is InChI=1S/C21H28N4O2S/c1-13(2)11-17-23-15(4)18(28-17)21(27)25-10-6-8-16(12-25)20(26)24-19-14(3)7-5-9-22-19/h5,7,9,13,16H,6,8,10-12H2,1-4H3,(H,22,24,26). The second-order valence-electron chi connectivity index (χ2n) is 7.87. The number of nitrogens with zero attached hydrogens (tertiary/aromatic N) is 3. The zero-order chi connectivity index (χ0) is 20.3. The Kier molecular flexibility index (Phi) is 6.44. The highest BCUT2D eigenvalue weighted by atomic mass is 32.1. The minimum absolute atomic E-state index is 0.00322. The number of hydrogen-bond donors (Lipinski definition) is 1. The molecule has 1 atom stereocenters. The van der Waals surface area contributed by atoms with Crippen LogP contribution in [0.5, 0.6) is 0 Å². The van der Waals surface area contributed by atoms with Gasteiger partial charge in [-0.3, -0.25) is 9.59 Å². The molecule has 6 nitrogen and oxygen atoms in total. The van der Waals surface area contributed by atoms with Crippen LogP contribution in [0.25, 0.3) is 0 Å². The van der Waals surface area contributed by atoms with Crippen LogP contribution in [0.2, 0.25) is 0 Å². The molecular weight excluding hydrogens is 372 g/mol. The highest BCUT2D eigenvalue weighted by molar-refractivity contribution is 7.13. The Bertz CT molecular complexity index is 862. The van der Waals surface area contributed by atoms with Gasteiger partial charge in [0.2, 0.25) is 5.91 Å². The Morgan fingerprint density at radius 1 is 1.36 bits per heavy atom. The maximum absolute atomic E-state index is 13.1. The van der Waals surface area contributed by atoms with Crippen molar-refractivity contribution in [1.82, 2.24) is 14.9 Å². The molecular formula is C21H28N4O2S. The summed E-state index contributed by atoms with van der Waals surface area (Å²) in [6.45, 7) is 9.23. The van der Waals surface area contributed by atoms with Gasteiger partial charge in [-0.05, 0) is 44.2 Å². The summed E-state index contributed by atoms with van der Waals surface area (Å²) in [5.74, 6) is 0.805. The number of piperidine rings is 1. The molecule has 0 bridgehead atoms. The summed E-state index contributed by atoms with van der Waals surface area (Å²) in [6.07, 6.45) is 4.15. The molecule has 1 fully saturated rings. The number of rotatable bonds is 5. The van der Waals surface area contributed by atoms with E-state index in [1.807, 2.05) is 26.0 Å². The third-order valence-corrected chi connectivity index (χ3v) is 6.12. The molecule has 3 rings (SSSR count). The topological polar surface area (TPSA) is 75.2 Å². The SMILES string of the molecule is Cc1cccnc1NC(=O)C1CCCN(C(=O)c2sc(CC(C)C)nc2C)C1. The van der Waals surface area contributed by atoms with Gasteiger partial charge in [-0.2, -0.15) is 0 Å². The van der Waals surface area contributed by atoms with Crippen molar-refractivity contribution >= 4 is 29.0 Å². The predicted molar refractivity (Wildman–Crippen MR) is 112 cm³/mol. The van der Waals surface area contributed by atoms with Crippen LogP contribution in [0.15, 0.2) is 18.3 Å². The molecule has 1 aliphatic heterocycles. The Balaban J connectivity index is 1.67. The Morgan fingerprint density at radius 3 is 2.86 bits per heavy atom. The molecule has 0 saturated carbocycles. The number of anilines is 1. The second-order valence-corrected chi connectivity index (χ2v) is 8.95. The van der Waals surface area contributed by atoms with Gasteiger partial charge in [-0.1, -0.05) is 19.9 Å². The van der Waals surface area contributed by atoms with Crippen LogP contribution in [-0.2, 0) is 11.2 Å². The van der Waals surface area contributed by atoms with E-state index in [2.05, 4.69) is 29.1 Å². The number of pyridine rings is 1. The van der Waals surface area contributed by atoms with Gasteiger partial charge in [0, 0.05) is 25.7 Å². The maximum Gasteiger partial charge on any atom is 0.265 e. The van der Waals surface area contributed by atoms with Crippen LogP contribution in [0.4, 0.5) is 5.82 Å². The number of aromatic nitrogens is 2. The first kappa shape index (κ1) is 20.5. The van der Waals surface area contributed by atoms with Crippen molar-refractivity contribution in [3.8, 4) is 0 Å². The summed E-state index contributed by atoms with van der Waals surface area (Å²) in [5, 5.41) is 3.93. The Labute approximate surface area is 170 Å². The number of nitrogens with one attached hydrogen (secondary N) is 1. The maximum atomic E-state index is 13.1. The second kappa shape index (κ2) is 8.82. The molecule has 3 heterocycles. The molecule has 7 heteroatoms. The minimum atomic E-state index is -0.220. The lowest BCUT2D eigenvalue weighted by atomic mass is 9.97. The van der Waals surface area contributed by atoms with E-state index in [0.29, 0.717) is 29.7 Å². The van der Waals surface area contributed by atoms with Gasteiger partial charge in [-0.15, -0.1) is 11.3 Å². The summed E-state index contributed by atoms with van der Waals surface area (Å²) < 4.78 is 0. The van der Waals surface area contributed by atoms with E-state index in [0.717, 1.165) is 35.5 Å². The highest BCUT2D eigenvalue weighted by Crippen LogP contribution is 2.26. The first-order valence-electron chi connectivity index (χ1n) is 9.83. The van der Waals surface area contributed by atoms with Gasteiger partial charge in [0.15, 0.2) is 0 Å². The number of likely N-dealkylation sites (tertiary alicyclic amines) is 1. The third-order valence-electron chi connectivity index (χ3n) is 4.95. The number of carbonyl (C=O) groups is 2. The molecule has 1 N–H and O–H groups in total. The zero-order valence-electron chi connectivity index (χ0n) is 17.0.